The van der Waals surface area contributed by atoms with Crippen LogP contribution >= 0.6 is 0 Å². The summed E-state index contributed by atoms with van der Waals surface area (Å²) in [5.41, 5.74) is 9.21. The summed E-state index contributed by atoms with van der Waals surface area (Å²) in [5, 5.41) is 8.43. The molecule has 0 rings (SSSR count). The summed E-state index contributed by atoms with van der Waals surface area (Å²) in [7, 11) is 0. The van der Waals surface area contributed by atoms with E-state index in [0.717, 1.165) is 0 Å². The quantitative estimate of drug-likeness (QED) is 0.466. The van der Waals surface area contributed by atoms with Gasteiger partial charge in [-0.1, -0.05) is 6.92 Å². The zero-order valence-corrected chi connectivity index (χ0v) is 5.42. The molecule has 0 aromatic heterocycles. The van der Waals surface area contributed by atoms with Crippen molar-refractivity contribution in [1.82, 2.24) is 0 Å². The van der Waals surface area contributed by atoms with Gasteiger partial charge in [0.05, 0.1) is 0 Å². The molecule has 0 aromatic carbocycles. The predicted octanol–water partition coefficient (Wildman–Crippen LogP) is -0.863. The Morgan fingerprint density at radius 1 is 1.78 bits per heavy atom. The Balaban J connectivity index is 4.09. The van der Waals surface area contributed by atoms with Crippen molar-refractivity contribution in [1.29, 1.82) is 0 Å². The number of carbonyl (C=O) groups is 1. The van der Waals surface area contributed by atoms with E-state index >= 15 is 0 Å². The van der Waals surface area contributed by atoms with Crippen LogP contribution in [0.5, 0.6) is 0 Å². The van der Waals surface area contributed by atoms with E-state index in [9.17, 15) is 4.79 Å². The third-order valence-electron chi connectivity index (χ3n) is 1.42. The van der Waals surface area contributed by atoms with Gasteiger partial charge in [-0.3, -0.25) is 4.79 Å². The highest BCUT2D eigenvalue weighted by Crippen LogP contribution is 2.02. The van der Waals surface area contributed by atoms with Crippen molar-refractivity contribution in [2.24, 2.45) is 11.5 Å². The first-order chi connectivity index (χ1) is 4.06. The monoisotopic (exact) mass is 132 g/mol. The standard InChI is InChI=1S/C5H12N2O2/c1-2-5(7,3-6)4(8)9/h2-3,6-7H2,1H3,(H,8,9)/t5-/m1/s1. The Morgan fingerprint density at radius 2 is 2.22 bits per heavy atom. The number of hydrogen-bond donors (Lipinski definition) is 3. The summed E-state index contributed by atoms with van der Waals surface area (Å²) in [4.78, 5) is 10.3. The summed E-state index contributed by atoms with van der Waals surface area (Å²) in [6.45, 7) is 1.68. The summed E-state index contributed by atoms with van der Waals surface area (Å²) in [6.07, 6.45) is 0.360. The van der Waals surface area contributed by atoms with Crippen LogP contribution in [0.4, 0.5) is 0 Å². The van der Waals surface area contributed by atoms with Crippen LogP contribution in [0.1, 0.15) is 13.3 Å². The van der Waals surface area contributed by atoms with E-state index < -0.39 is 11.5 Å². The van der Waals surface area contributed by atoms with E-state index in [-0.39, 0.29) is 6.54 Å². The molecule has 0 aliphatic carbocycles. The molecule has 0 amide bonds. The molecule has 0 unspecified atom stereocenters. The second-order valence-corrected chi connectivity index (χ2v) is 2.02. The van der Waals surface area contributed by atoms with Gasteiger partial charge in [0, 0.05) is 6.54 Å². The molecule has 4 nitrogen and oxygen atoms in total. The van der Waals surface area contributed by atoms with Crippen molar-refractivity contribution < 1.29 is 9.90 Å². The van der Waals surface area contributed by atoms with Crippen molar-refractivity contribution in [2.75, 3.05) is 6.54 Å². The first-order valence-corrected chi connectivity index (χ1v) is 2.79. The van der Waals surface area contributed by atoms with Crippen LogP contribution in [-0.4, -0.2) is 23.2 Å². The van der Waals surface area contributed by atoms with Gasteiger partial charge in [0.2, 0.25) is 0 Å². The Bertz CT molecular complexity index is 110. The first-order valence-electron chi connectivity index (χ1n) is 2.79. The van der Waals surface area contributed by atoms with Gasteiger partial charge < -0.3 is 16.6 Å². The molecule has 4 heteroatoms. The van der Waals surface area contributed by atoms with Crippen LogP contribution in [0, 0.1) is 0 Å². The topological polar surface area (TPSA) is 89.3 Å². The molecule has 0 radical (unpaired) electrons. The molecule has 0 heterocycles. The maximum absolute atomic E-state index is 10.3. The molecule has 1 atom stereocenters. The van der Waals surface area contributed by atoms with E-state index in [4.69, 9.17) is 16.6 Å². The van der Waals surface area contributed by atoms with Gasteiger partial charge in [0.1, 0.15) is 5.54 Å². The van der Waals surface area contributed by atoms with Crippen molar-refractivity contribution in [3.05, 3.63) is 0 Å². The van der Waals surface area contributed by atoms with Gasteiger partial charge in [-0.2, -0.15) is 0 Å². The molecule has 5 N–H and O–H groups in total. The lowest BCUT2D eigenvalue weighted by Crippen LogP contribution is -2.53. The molecular formula is C5H12N2O2. The van der Waals surface area contributed by atoms with E-state index in [1.165, 1.54) is 0 Å². The van der Waals surface area contributed by atoms with Crippen LogP contribution in [0.25, 0.3) is 0 Å². The van der Waals surface area contributed by atoms with Crippen LogP contribution in [0.3, 0.4) is 0 Å². The van der Waals surface area contributed by atoms with E-state index in [1.807, 2.05) is 0 Å². The maximum atomic E-state index is 10.3. The molecule has 0 aliphatic rings. The lowest BCUT2D eigenvalue weighted by molar-refractivity contribution is -0.143. The molecule has 0 fully saturated rings. The largest absolute Gasteiger partial charge is 0.480 e. The minimum Gasteiger partial charge on any atom is -0.480 e. The van der Waals surface area contributed by atoms with Crippen LogP contribution in [0.15, 0.2) is 0 Å². The van der Waals surface area contributed by atoms with Gasteiger partial charge in [-0.25, -0.2) is 0 Å². The first kappa shape index (κ1) is 8.39. The molecule has 9 heavy (non-hydrogen) atoms. The Labute approximate surface area is 53.8 Å². The van der Waals surface area contributed by atoms with E-state index in [2.05, 4.69) is 0 Å². The van der Waals surface area contributed by atoms with Gasteiger partial charge in [0.15, 0.2) is 0 Å². The average Bonchev–Trinajstić information content (AvgIpc) is 1.86. The Kier molecular flexibility index (Phi) is 2.61. The van der Waals surface area contributed by atoms with E-state index in [1.54, 1.807) is 6.92 Å². The van der Waals surface area contributed by atoms with Crippen molar-refractivity contribution >= 4 is 5.97 Å². The fourth-order valence-electron chi connectivity index (χ4n) is 0.383. The SMILES string of the molecule is CC[C@@](N)(CN)C(=O)O. The number of rotatable bonds is 3. The van der Waals surface area contributed by atoms with Crippen molar-refractivity contribution in [3.63, 3.8) is 0 Å². The third-order valence-corrected chi connectivity index (χ3v) is 1.42. The van der Waals surface area contributed by atoms with Crippen LogP contribution in [0.2, 0.25) is 0 Å². The highest BCUT2D eigenvalue weighted by Gasteiger charge is 2.29. The van der Waals surface area contributed by atoms with E-state index in [0.29, 0.717) is 6.42 Å². The van der Waals surface area contributed by atoms with Crippen LogP contribution in [-0.2, 0) is 4.79 Å². The fraction of sp³-hybridized carbons (Fsp3) is 0.800. The third kappa shape index (κ3) is 1.65. The molecule has 54 valence electrons. The fourth-order valence-corrected chi connectivity index (χ4v) is 0.383. The lowest BCUT2D eigenvalue weighted by atomic mass is 9.99. The Hall–Kier alpha value is -0.610. The Morgan fingerprint density at radius 3 is 2.22 bits per heavy atom. The minimum absolute atomic E-state index is 0.0150. The summed E-state index contributed by atoms with van der Waals surface area (Å²) in [6, 6.07) is 0. The highest BCUT2D eigenvalue weighted by atomic mass is 16.4. The highest BCUT2D eigenvalue weighted by molar-refractivity contribution is 5.78. The molecule has 0 saturated carbocycles. The predicted molar refractivity (Wildman–Crippen MR) is 33.9 cm³/mol. The van der Waals surface area contributed by atoms with Crippen LogP contribution < -0.4 is 11.5 Å². The number of hydrogen-bond acceptors (Lipinski definition) is 3. The number of aliphatic carboxylic acids is 1. The smallest absolute Gasteiger partial charge is 0.324 e. The van der Waals surface area contributed by atoms with Gasteiger partial charge in [-0.15, -0.1) is 0 Å². The normalized spacial score (nSPS) is 16.8. The van der Waals surface area contributed by atoms with Gasteiger partial charge in [0.25, 0.3) is 0 Å². The molecule has 0 bridgehead atoms. The minimum atomic E-state index is -1.22. The molecule has 0 aromatic rings. The second-order valence-electron chi connectivity index (χ2n) is 2.02. The number of carboxylic acid groups (broad SMARTS) is 1. The average molecular weight is 132 g/mol. The van der Waals surface area contributed by atoms with Gasteiger partial charge in [-0.05, 0) is 6.42 Å². The van der Waals surface area contributed by atoms with Crippen molar-refractivity contribution in [3.8, 4) is 0 Å². The summed E-state index contributed by atoms with van der Waals surface area (Å²) >= 11 is 0. The molecular weight excluding hydrogens is 120 g/mol. The maximum Gasteiger partial charge on any atom is 0.324 e. The molecule has 0 aliphatic heterocycles. The summed E-state index contributed by atoms with van der Waals surface area (Å²) in [5.74, 6) is -1.03. The lowest BCUT2D eigenvalue weighted by Gasteiger charge is -2.19. The zero-order chi connectivity index (χ0) is 7.49. The summed E-state index contributed by atoms with van der Waals surface area (Å²) < 4.78 is 0. The van der Waals surface area contributed by atoms with Gasteiger partial charge >= 0.3 is 5.97 Å². The molecule has 0 spiro atoms. The number of carboxylic acids is 1. The molecule has 0 saturated heterocycles. The second kappa shape index (κ2) is 2.80. The zero-order valence-electron chi connectivity index (χ0n) is 5.42. The van der Waals surface area contributed by atoms with Crippen molar-refractivity contribution in [2.45, 2.75) is 18.9 Å². The number of nitrogens with two attached hydrogens (primary N) is 2.